The first kappa shape index (κ1) is 12.9. The van der Waals surface area contributed by atoms with E-state index in [-0.39, 0.29) is 54.2 Å². The van der Waals surface area contributed by atoms with Gasteiger partial charge in [-0.2, -0.15) is 4.89 Å². The van der Waals surface area contributed by atoms with Crippen molar-refractivity contribution in [2.24, 2.45) is 0 Å². The van der Waals surface area contributed by atoms with E-state index in [1.807, 2.05) is 0 Å². The number of hydrogen-bond acceptors (Lipinski definition) is 2. The van der Waals surface area contributed by atoms with Gasteiger partial charge in [0.2, 0.25) is 0 Å². The zero-order valence-corrected chi connectivity index (χ0v) is 10.7. The van der Waals surface area contributed by atoms with Crippen molar-refractivity contribution in [2.75, 3.05) is 0 Å². The molecule has 0 aliphatic rings. The van der Waals surface area contributed by atoms with Gasteiger partial charge in [-0.25, -0.2) is 0 Å². The summed E-state index contributed by atoms with van der Waals surface area (Å²) in [6, 6.07) is 8.40. The van der Waals surface area contributed by atoms with Crippen LogP contribution in [0.3, 0.4) is 0 Å². The predicted molar refractivity (Wildman–Crippen MR) is 43.5 cm³/mol. The third kappa shape index (κ3) is 3.72. The first-order chi connectivity index (χ1) is 5.22. The molecule has 0 spiro atoms. The van der Waals surface area contributed by atoms with E-state index in [0.717, 1.165) is 0 Å². The third-order valence-electron chi connectivity index (χ3n) is 1.31. The molecule has 0 radical (unpaired) electrons. The van der Waals surface area contributed by atoms with Crippen molar-refractivity contribution in [1.29, 1.82) is 0 Å². The number of benzene rings is 1. The number of rotatable bonds is 2. The van der Waals surface area contributed by atoms with Crippen LogP contribution in [-0.2, 0) is 4.57 Å². The van der Waals surface area contributed by atoms with E-state index >= 15 is 0 Å². The zero-order valence-electron chi connectivity index (χ0n) is 8.71. The quantitative estimate of drug-likeness (QED) is 0.470. The van der Waals surface area contributed by atoms with E-state index in [2.05, 4.69) is 0 Å². The summed E-state index contributed by atoms with van der Waals surface area (Å²) in [4.78, 5) is 8.53. The van der Waals surface area contributed by atoms with E-state index in [1.54, 1.807) is 30.3 Å². The molecule has 5 heteroatoms. The van der Waals surface area contributed by atoms with E-state index < -0.39 is 13.9 Å². The van der Waals surface area contributed by atoms with Gasteiger partial charge in [0.25, 0.3) is 0 Å². The molecular weight excluding hydrogens is 202 g/mol. The number of hydrogen-bond donors (Lipinski definition) is 2. The van der Waals surface area contributed by atoms with E-state index in [4.69, 9.17) is 10.00 Å². The fourth-order valence-corrected chi connectivity index (χ4v) is 1.18. The Bertz CT molecular complexity index is 260. The van der Waals surface area contributed by atoms with E-state index in [0.29, 0.717) is 5.56 Å². The molecule has 3 nitrogen and oxygen atoms in total. The van der Waals surface area contributed by atoms with Crippen LogP contribution in [0.25, 0.3) is 0 Å². The van der Waals surface area contributed by atoms with Gasteiger partial charge in [0.15, 0.2) is 0 Å². The van der Waals surface area contributed by atoms with E-state index in [1.165, 1.54) is 0 Å². The summed E-state index contributed by atoms with van der Waals surface area (Å²) in [5.74, 6) is -1.26. The van der Waals surface area contributed by atoms with Gasteiger partial charge in [0.05, 0.1) is 0 Å². The molecule has 0 bridgehead atoms. The molecule has 1 aromatic rings. The minimum absolute atomic E-state index is 0. The van der Waals surface area contributed by atoms with Gasteiger partial charge in [-0.15, -0.1) is 0 Å². The first-order valence-electron chi connectivity index (χ1n) is 3.10. The van der Waals surface area contributed by atoms with Crippen LogP contribution in [0.1, 0.15) is 14.3 Å². The van der Waals surface area contributed by atoms with Crippen molar-refractivity contribution in [3.05, 3.63) is 35.9 Å². The largest absolute Gasteiger partial charge is 1.00 e. The number of aliphatic hydroxyl groups excluding tert-OH is 1. The Morgan fingerprint density at radius 3 is 2.25 bits per heavy atom. The Balaban J connectivity index is -0.000000403. The van der Waals surface area contributed by atoms with Crippen LogP contribution in [0.15, 0.2) is 30.3 Å². The van der Waals surface area contributed by atoms with E-state index in [9.17, 15) is 4.57 Å². The standard InChI is InChI=1S/C7H7O3P.K/c8-7(11(9)10)6-4-2-1-3-5-6;/h1-5,7-8H;/q;+1/p+3. The molecule has 2 atom stereocenters. The molecule has 2 unspecified atom stereocenters. The zero-order chi connectivity index (χ0) is 8.27. The topological polar surface area (TPSA) is 57.5 Å². The summed E-state index contributed by atoms with van der Waals surface area (Å²) in [5, 5.41) is 9.06. The Morgan fingerprint density at radius 2 is 1.83 bits per heavy atom. The first-order valence-corrected chi connectivity index (χ1v) is 4.38. The van der Waals surface area contributed by atoms with Crippen molar-refractivity contribution in [2.45, 2.75) is 5.85 Å². The Hall–Kier alpha value is 0.876. The van der Waals surface area contributed by atoms with Gasteiger partial charge in [0.1, 0.15) is 0 Å². The molecule has 2 N–H and O–H groups in total. The average Bonchev–Trinajstić information content (AvgIpc) is 2.05. The van der Waals surface area contributed by atoms with Crippen molar-refractivity contribution < 1.29 is 68.8 Å². The summed E-state index contributed by atoms with van der Waals surface area (Å²) in [7, 11) is -2.53. The summed E-state index contributed by atoms with van der Waals surface area (Å²) >= 11 is 0. The fourth-order valence-electron chi connectivity index (χ4n) is 0.753. The summed E-state index contributed by atoms with van der Waals surface area (Å²) < 4.78 is 10.4. The second-order valence-electron chi connectivity index (χ2n) is 2.09. The molecule has 1 aromatic carbocycles. The smallest absolute Gasteiger partial charge is 0.345 e. The van der Waals surface area contributed by atoms with Crippen LogP contribution in [-0.4, -0.2) is 10.00 Å². The molecule has 12 heavy (non-hydrogen) atoms. The summed E-state index contributed by atoms with van der Waals surface area (Å²) in [6.45, 7) is 0. The fraction of sp³-hybridized carbons (Fsp3) is 0.143. The Labute approximate surface area is 117 Å². The van der Waals surface area contributed by atoms with Crippen LogP contribution in [0.4, 0.5) is 0 Å². The minimum atomic E-state index is -2.53. The maximum absolute atomic E-state index is 10.4. The van der Waals surface area contributed by atoms with Gasteiger partial charge in [-0.3, -0.25) is 0 Å². The molecule has 0 aliphatic carbocycles. The van der Waals surface area contributed by atoms with Crippen molar-refractivity contribution in [3.8, 4) is 0 Å². The molecule has 0 amide bonds. The van der Waals surface area contributed by atoms with Gasteiger partial charge >= 0.3 is 68.1 Å². The average molecular weight is 212 g/mol. The number of aliphatic hydroxyl groups is 1. The van der Waals surface area contributed by atoms with Crippen molar-refractivity contribution in [3.63, 3.8) is 0 Å². The molecule has 0 aromatic heterocycles. The Kier molecular flexibility index (Phi) is 6.81. The Morgan fingerprint density at radius 1 is 1.33 bits per heavy atom. The van der Waals surface area contributed by atoms with Crippen LogP contribution in [0.2, 0.25) is 0 Å². The molecule has 58 valence electrons. The van der Waals surface area contributed by atoms with Crippen LogP contribution in [0.5, 0.6) is 0 Å². The maximum atomic E-state index is 10.4. The minimum Gasteiger partial charge on any atom is -0.345 e. The molecule has 0 saturated heterocycles. The normalized spacial score (nSPS) is 13.0. The van der Waals surface area contributed by atoms with Crippen LogP contribution < -0.4 is 51.4 Å². The second-order valence-corrected chi connectivity index (χ2v) is 3.18. The SMILES string of the molecule is O=[P+](O)C(O)c1ccccc1.[H+].[H+].[K+]. The van der Waals surface area contributed by atoms with Crippen molar-refractivity contribution >= 4 is 8.03 Å². The van der Waals surface area contributed by atoms with Crippen molar-refractivity contribution in [1.82, 2.24) is 0 Å². The van der Waals surface area contributed by atoms with Gasteiger partial charge < -0.3 is 5.11 Å². The predicted octanol–water partition coefficient (Wildman–Crippen LogP) is -1.36. The molecule has 0 fully saturated rings. The second kappa shape index (κ2) is 6.35. The molecular formula is C7H10KO3P+4. The van der Waals surface area contributed by atoms with Gasteiger partial charge in [0, 0.05) is 5.56 Å². The van der Waals surface area contributed by atoms with Crippen LogP contribution in [0, 0.1) is 0 Å². The summed E-state index contributed by atoms with van der Waals surface area (Å²) in [6.07, 6.45) is 0. The maximum Gasteiger partial charge on any atom is 1.00 e. The monoisotopic (exact) mass is 212 g/mol. The van der Waals surface area contributed by atoms with Gasteiger partial charge in [-0.05, 0) is 4.57 Å². The molecule has 0 saturated carbocycles. The molecule has 0 heterocycles. The van der Waals surface area contributed by atoms with Gasteiger partial charge in [-0.1, -0.05) is 30.3 Å². The van der Waals surface area contributed by atoms with Crippen LogP contribution >= 0.6 is 8.03 Å². The molecule has 0 aliphatic heterocycles. The summed E-state index contributed by atoms with van der Waals surface area (Å²) in [5.41, 5.74) is 0.469. The molecule has 1 rings (SSSR count). The third-order valence-corrected chi connectivity index (χ3v) is 2.02.